The van der Waals surface area contributed by atoms with Crippen LogP contribution in [0.2, 0.25) is 5.02 Å². The van der Waals surface area contributed by atoms with Gasteiger partial charge in [0, 0.05) is 64.3 Å². The summed E-state index contributed by atoms with van der Waals surface area (Å²) in [6, 6.07) is 10.4. The summed E-state index contributed by atoms with van der Waals surface area (Å²) < 4.78 is 1.23. The maximum Gasteiger partial charge on any atom is 0.287 e. The van der Waals surface area contributed by atoms with Crippen molar-refractivity contribution < 1.29 is 14.4 Å². The van der Waals surface area contributed by atoms with E-state index in [0.717, 1.165) is 93.9 Å². The van der Waals surface area contributed by atoms with E-state index in [2.05, 4.69) is 50.8 Å². The van der Waals surface area contributed by atoms with Gasteiger partial charge in [0.1, 0.15) is 5.02 Å². The molecule has 0 saturated carbocycles. The summed E-state index contributed by atoms with van der Waals surface area (Å²) in [5.74, 6) is -0.475. The first-order valence-corrected chi connectivity index (χ1v) is 18.5. The number of likely N-dealkylation sites (N-methyl/N-ethyl adjacent to an activating group) is 1. The molecule has 7 rings (SSSR count). The minimum atomic E-state index is -0.375. The zero-order chi connectivity index (χ0) is 35.9. The topological polar surface area (TPSA) is 133 Å². The van der Waals surface area contributed by atoms with E-state index in [4.69, 9.17) is 16.6 Å². The Morgan fingerprint density at radius 1 is 0.980 bits per heavy atom. The molecule has 6 heterocycles. The van der Waals surface area contributed by atoms with Gasteiger partial charge in [0.05, 0.1) is 35.4 Å². The lowest BCUT2D eigenvalue weighted by Crippen LogP contribution is -2.48. The van der Waals surface area contributed by atoms with E-state index in [1.54, 1.807) is 13.2 Å². The van der Waals surface area contributed by atoms with Gasteiger partial charge in [-0.15, -0.1) is 0 Å². The smallest absolute Gasteiger partial charge is 0.287 e. The zero-order valence-electron chi connectivity index (χ0n) is 29.7. The average Bonchev–Trinajstić information content (AvgIpc) is 3.12. The number of pyridine rings is 1. The highest BCUT2D eigenvalue weighted by Gasteiger charge is 2.39. The first-order chi connectivity index (χ1) is 24.5. The standard InChI is InChI=1S/C38H47ClN8O4/c1-24-18-29(20-40-34(24)30-8-9-32(48)43-35(30)49)46-14-10-38(11-15-46)12-16-47(17-13-38)36(50)26-6-4-25(5-7-26)27-19-28(23-44(2)22-27)42-31-21-41-45(3)37(51)33(31)39/h4-7,18,20-21,27-28,30,42H,8-17,19,22-23H2,1-3H3,(H,43,48,49). The lowest BCUT2D eigenvalue weighted by molar-refractivity contribution is -0.134. The van der Waals surface area contributed by atoms with Crippen molar-refractivity contribution in [3.05, 3.63) is 80.5 Å². The molecule has 4 fully saturated rings. The number of carbonyl (C=O) groups is 3. The van der Waals surface area contributed by atoms with E-state index in [-0.39, 0.29) is 51.6 Å². The fourth-order valence-corrected chi connectivity index (χ4v) is 8.79. The summed E-state index contributed by atoms with van der Waals surface area (Å²) in [5, 5.41) is 10.1. The van der Waals surface area contributed by atoms with Crippen molar-refractivity contribution in [3.8, 4) is 0 Å². The number of amides is 3. The number of halogens is 1. The molecule has 4 aliphatic heterocycles. The highest BCUT2D eigenvalue weighted by molar-refractivity contribution is 6.32. The molecule has 13 heteroatoms. The van der Waals surface area contributed by atoms with Gasteiger partial charge in [-0.3, -0.25) is 29.5 Å². The summed E-state index contributed by atoms with van der Waals surface area (Å²) in [5.41, 5.74) is 5.21. The maximum atomic E-state index is 13.6. The Kier molecular flexibility index (Phi) is 9.91. The van der Waals surface area contributed by atoms with Crippen molar-refractivity contribution in [1.82, 2.24) is 29.9 Å². The molecule has 2 aromatic heterocycles. The van der Waals surface area contributed by atoms with Crippen LogP contribution in [0.3, 0.4) is 0 Å². The van der Waals surface area contributed by atoms with Crippen LogP contribution in [0.15, 0.2) is 47.5 Å². The van der Waals surface area contributed by atoms with E-state index in [0.29, 0.717) is 18.5 Å². The number of nitrogens with one attached hydrogen (secondary N) is 2. The molecule has 0 aliphatic carbocycles. The molecule has 3 unspecified atom stereocenters. The minimum absolute atomic E-state index is 0.0968. The van der Waals surface area contributed by atoms with Crippen LogP contribution in [0.25, 0.3) is 0 Å². The second-order valence-corrected chi connectivity index (χ2v) is 15.5. The number of imide groups is 1. The van der Waals surface area contributed by atoms with Gasteiger partial charge < -0.3 is 20.0 Å². The van der Waals surface area contributed by atoms with Crippen LogP contribution in [0, 0.1) is 12.3 Å². The molecule has 1 aromatic carbocycles. The van der Waals surface area contributed by atoms with Gasteiger partial charge in [0.2, 0.25) is 11.8 Å². The predicted molar refractivity (Wildman–Crippen MR) is 196 cm³/mol. The largest absolute Gasteiger partial charge is 0.378 e. The van der Waals surface area contributed by atoms with Gasteiger partial charge in [-0.2, -0.15) is 5.10 Å². The molecule has 12 nitrogen and oxygen atoms in total. The molecular formula is C38H47ClN8O4. The molecule has 270 valence electrons. The van der Waals surface area contributed by atoms with Gasteiger partial charge >= 0.3 is 0 Å². The van der Waals surface area contributed by atoms with E-state index in [9.17, 15) is 19.2 Å². The zero-order valence-corrected chi connectivity index (χ0v) is 30.4. The number of hydrogen-bond acceptors (Lipinski definition) is 9. The summed E-state index contributed by atoms with van der Waals surface area (Å²) in [4.78, 5) is 61.2. The second-order valence-electron chi connectivity index (χ2n) is 15.1. The van der Waals surface area contributed by atoms with Crippen LogP contribution in [0.5, 0.6) is 0 Å². The molecule has 4 saturated heterocycles. The number of hydrogen-bond donors (Lipinski definition) is 2. The quantitative estimate of drug-likeness (QED) is 0.363. The molecule has 0 bridgehead atoms. The highest BCUT2D eigenvalue weighted by atomic mass is 35.5. The van der Waals surface area contributed by atoms with Gasteiger partial charge in [-0.25, -0.2) is 4.68 Å². The molecule has 4 aliphatic rings. The van der Waals surface area contributed by atoms with Crippen LogP contribution < -0.4 is 21.1 Å². The monoisotopic (exact) mass is 714 g/mol. The Balaban J connectivity index is 0.911. The van der Waals surface area contributed by atoms with Crippen molar-refractivity contribution in [3.63, 3.8) is 0 Å². The molecule has 3 amide bonds. The number of anilines is 2. The van der Waals surface area contributed by atoms with E-state index in [1.807, 2.05) is 30.2 Å². The molecular weight excluding hydrogens is 668 g/mol. The molecule has 0 radical (unpaired) electrons. The number of piperidine rings is 4. The van der Waals surface area contributed by atoms with Gasteiger partial charge in [-0.05, 0) is 93.2 Å². The first-order valence-electron chi connectivity index (χ1n) is 18.1. The molecule has 2 N–H and O–H groups in total. The number of likely N-dealkylation sites (tertiary alicyclic amines) is 2. The normalized spacial score (nSPS) is 24.0. The predicted octanol–water partition coefficient (Wildman–Crippen LogP) is 4.08. The Hall–Kier alpha value is -4.29. The fourth-order valence-electron chi connectivity index (χ4n) is 8.56. The van der Waals surface area contributed by atoms with Crippen molar-refractivity contribution in [2.24, 2.45) is 12.5 Å². The average molecular weight is 715 g/mol. The van der Waals surface area contributed by atoms with Crippen molar-refractivity contribution in [2.75, 3.05) is 56.5 Å². The van der Waals surface area contributed by atoms with Crippen LogP contribution >= 0.6 is 11.6 Å². The number of benzene rings is 1. The Morgan fingerprint density at radius 2 is 1.69 bits per heavy atom. The van der Waals surface area contributed by atoms with Crippen molar-refractivity contribution in [2.45, 2.75) is 69.7 Å². The van der Waals surface area contributed by atoms with Crippen molar-refractivity contribution >= 4 is 40.7 Å². The third-order valence-electron chi connectivity index (χ3n) is 11.7. The second kappa shape index (κ2) is 14.4. The Bertz CT molecular complexity index is 1860. The lowest BCUT2D eigenvalue weighted by atomic mass is 9.71. The van der Waals surface area contributed by atoms with Crippen LogP contribution in [0.1, 0.15) is 84.0 Å². The fraction of sp³-hybridized carbons (Fsp3) is 0.526. The number of nitrogens with zero attached hydrogens (tertiary/aromatic N) is 6. The summed E-state index contributed by atoms with van der Waals surface area (Å²) >= 11 is 6.32. The minimum Gasteiger partial charge on any atom is -0.378 e. The van der Waals surface area contributed by atoms with E-state index < -0.39 is 0 Å². The number of aromatic nitrogens is 3. The van der Waals surface area contributed by atoms with Crippen LogP contribution in [-0.4, -0.2) is 94.6 Å². The third kappa shape index (κ3) is 7.39. The summed E-state index contributed by atoms with van der Waals surface area (Å²) in [6.07, 6.45) is 9.36. The lowest BCUT2D eigenvalue weighted by Gasteiger charge is -2.47. The summed E-state index contributed by atoms with van der Waals surface area (Å²) in [7, 11) is 3.68. The number of carbonyl (C=O) groups excluding carboxylic acids is 3. The van der Waals surface area contributed by atoms with E-state index in [1.165, 1.54) is 10.2 Å². The van der Waals surface area contributed by atoms with Gasteiger partial charge in [0.25, 0.3) is 11.5 Å². The van der Waals surface area contributed by atoms with Gasteiger partial charge in [0.15, 0.2) is 0 Å². The third-order valence-corrected chi connectivity index (χ3v) is 12.0. The molecule has 3 atom stereocenters. The van der Waals surface area contributed by atoms with Crippen molar-refractivity contribution in [1.29, 1.82) is 0 Å². The van der Waals surface area contributed by atoms with Crippen LogP contribution in [0.4, 0.5) is 11.4 Å². The summed E-state index contributed by atoms with van der Waals surface area (Å²) in [6.45, 7) is 7.14. The number of rotatable bonds is 6. The maximum absolute atomic E-state index is 13.6. The van der Waals surface area contributed by atoms with Gasteiger partial charge in [-0.1, -0.05) is 23.7 Å². The molecule has 51 heavy (non-hydrogen) atoms. The Morgan fingerprint density at radius 3 is 2.37 bits per heavy atom. The Labute approximate surface area is 303 Å². The number of aryl methyl sites for hydroxylation is 2. The molecule has 3 aromatic rings. The van der Waals surface area contributed by atoms with E-state index >= 15 is 0 Å². The molecule has 1 spiro atoms. The SMILES string of the molecule is Cc1cc(N2CCC3(CCN(C(=O)c4ccc(C5CC(Nc6cnn(C)c(=O)c6Cl)CN(C)C5)cc4)CC3)CC2)cnc1C1CCC(=O)NC1=O. The first kappa shape index (κ1) is 35.1. The van der Waals surface area contributed by atoms with Crippen LogP contribution in [-0.2, 0) is 16.6 Å². The highest BCUT2D eigenvalue weighted by Crippen LogP contribution is 2.43.